The van der Waals surface area contributed by atoms with Crippen molar-refractivity contribution in [1.82, 2.24) is 0 Å². The molecule has 1 atom stereocenters. The number of rotatable bonds is 2. The molecule has 1 aliphatic heterocycles. The molecule has 3 rings (SSSR count). The summed E-state index contributed by atoms with van der Waals surface area (Å²) in [6.07, 6.45) is 0.940. The first-order valence-electron chi connectivity index (χ1n) is 6.10. The van der Waals surface area contributed by atoms with E-state index in [-0.39, 0.29) is 4.83 Å². The van der Waals surface area contributed by atoms with E-state index < -0.39 is 0 Å². The van der Waals surface area contributed by atoms with Crippen LogP contribution in [0.15, 0.2) is 34.8 Å². The molecule has 0 radical (unpaired) electrons. The molecule has 2 aromatic carbocycles. The lowest BCUT2D eigenvalue weighted by Gasteiger charge is -2.16. The molecule has 0 fully saturated rings. The molecule has 20 heavy (non-hydrogen) atoms. The average Bonchev–Trinajstić information content (AvgIpc) is 2.85. The molecule has 1 unspecified atom stereocenters. The van der Waals surface area contributed by atoms with Crippen LogP contribution in [0, 0.1) is 0 Å². The topological polar surface area (TPSA) is 9.23 Å². The van der Waals surface area contributed by atoms with Gasteiger partial charge in [0.2, 0.25) is 0 Å². The van der Waals surface area contributed by atoms with Gasteiger partial charge in [0.25, 0.3) is 0 Å². The Balaban J connectivity index is 2.09. The highest BCUT2D eigenvalue weighted by molar-refractivity contribution is 9.10. The van der Waals surface area contributed by atoms with Crippen LogP contribution in [0.1, 0.15) is 21.5 Å². The second-order valence-electron chi connectivity index (χ2n) is 4.61. The predicted octanol–water partition coefficient (Wildman–Crippen LogP) is 6.18. The van der Waals surface area contributed by atoms with Crippen molar-refractivity contribution in [2.45, 2.75) is 11.2 Å². The van der Waals surface area contributed by atoms with Gasteiger partial charge in [0, 0.05) is 26.5 Å². The van der Waals surface area contributed by atoms with Gasteiger partial charge in [0.1, 0.15) is 5.75 Å². The Bertz CT molecular complexity index is 673. The van der Waals surface area contributed by atoms with E-state index in [9.17, 15) is 0 Å². The van der Waals surface area contributed by atoms with Crippen LogP contribution >= 0.6 is 55.1 Å². The normalized spacial score (nSPS) is 14.8. The highest BCUT2D eigenvalue weighted by Crippen LogP contribution is 2.44. The summed E-state index contributed by atoms with van der Waals surface area (Å²) in [7, 11) is 0. The molecule has 0 N–H and O–H groups in total. The summed E-state index contributed by atoms with van der Waals surface area (Å²) >= 11 is 19.5. The summed E-state index contributed by atoms with van der Waals surface area (Å²) in [5, 5.41) is 1.28. The second-order valence-corrected chi connectivity index (χ2v) is 7.29. The van der Waals surface area contributed by atoms with Crippen LogP contribution in [0.25, 0.3) is 0 Å². The third-order valence-corrected chi connectivity index (χ3v) is 5.29. The fourth-order valence-corrected chi connectivity index (χ4v) is 4.27. The Kier molecular flexibility index (Phi) is 4.32. The van der Waals surface area contributed by atoms with E-state index in [0.29, 0.717) is 10.0 Å². The van der Waals surface area contributed by atoms with Crippen LogP contribution in [-0.2, 0) is 6.42 Å². The van der Waals surface area contributed by atoms with Crippen LogP contribution in [0.4, 0.5) is 0 Å². The van der Waals surface area contributed by atoms with E-state index in [1.54, 1.807) is 6.07 Å². The van der Waals surface area contributed by atoms with Crippen molar-refractivity contribution in [3.63, 3.8) is 0 Å². The van der Waals surface area contributed by atoms with E-state index in [1.807, 2.05) is 12.1 Å². The Morgan fingerprint density at radius 3 is 2.65 bits per heavy atom. The number of fused-ring (bicyclic) bond motifs is 1. The monoisotopic (exact) mass is 434 g/mol. The molecule has 0 amide bonds. The molecular weight excluding hydrogens is 427 g/mol. The van der Waals surface area contributed by atoms with Gasteiger partial charge in [-0.2, -0.15) is 0 Å². The van der Waals surface area contributed by atoms with Gasteiger partial charge in [-0.3, -0.25) is 0 Å². The van der Waals surface area contributed by atoms with Gasteiger partial charge in [-0.25, -0.2) is 0 Å². The molecule has 1 nitrogen and oxygen atoms in total. The summed E-state index contributed by atoms with van der Waals surface area (Å²) in [6, 6.07) is 9.71. The Labute approximate surface area is 144 Å². The van der Waals surface area contributed by atoms with Crippen molar-refractivity contribution in [2.24, 2.45) is 0 Å². The van der Waals surface area contributed by atoms with Crippen molar-refractivity contribution >= 4 is 55.1 Å². The standard InChI is InChI=1S/C15H10Br2Cl2O/c16-9-5-8-3-4-20-15(8)12(6-9)14(17)11-2-1-10(18)7-13(11)19/h1-2,5-7,14H,3-4H2. The van der Waals surface area contributed by atoms with Crippen molar-refractivity contribution in [3.8, 4) is 5.75 Å². The molecule has 0 saturated carbocycles. The lowest BCUT2D eigenvalue weighted by molar-refractivity contribution is 0.354. The predicted molar refractivity (Wildman–Crippen MR) is 90.6 cm³/mol. The first-order valence-corrected chi connectivity index (χ1v) is 8.57. The maximum absolute atomic E-state index is 6.30. The van der Waals surface area contributed by atoms with E-state index >= 15 is 0 Å². The van der Waals surface area contributed by atoms with Gasteiger partial charge in [0.15, 0.2) is 0 Å². The van der Waals surface area contributed by atoms with E-state index in [4.69, 9.17) is 27.9 Å². The van der Waals surface area contributed by atoms with E-state index in [1.165, 1.54) is 5.56 Å². The second kappa shape index (κ2) is 5.88. The minimum atomic E-state index is -0.0309. The fraction of sp³-hybridized carbons (Fsp3) is 0.200. The number of halogens is 4. The van der Waals surface area contributed by atoms with Crippen LogP contribution in [0.5, 0.6) is 5.75 Å². The van der Waals surface area contributed by atoms with Gasteiger partial charge in [-0.15, -0.1) is 0 Å². The van der Waals surface area contributed by atoms with Crippen LogP contribution in [0.2, 0.25) is 10.0 Å². The molecule has 0 spiro atoms. The summed E-state index contributed by atoms with van der Waals surface area (Å²) in [6.45, 7) is 0.729. The molecule has 0 aromatic heterocycles. The lowest BCUT2D eigenvalue weighted by atomic mass is 10.0. The Morgan fingerprint density at radius 1 is 1.10 bits per heavy atom. The van der Waals surface area contributed by atoms with Crippen LogP contribution in [0.3, 0.4) is 0 Å². The SMILES string of the molecule is Clc1ccc(C(Br)c2cc(Br)cc3c2OCC3)c(Cl)c1. The Hall–Kier alpha value is -0.220. The minimum absolute atomic E-state index is 0.0309. The number of hydrogen-bond donors (Lipinski definition) is 0. The Morgan fingerprint density at radius 2 is 1.90 bits per heavy atom. The van der Waals surface area contributed by atoms with Gasteiger partial charge in [-0.1, -0.05) is 61.1 Å². The number of alkyl halides is 1. The van der Waals surface area contributed by atoms with Gasteiger partial charge in [-0.05, 0) is 35.4 Å². The third kappa shape index (κ3) is 2.74. The zero-order chi connectivity index (χ0) is 14.3. The number of benzene rings is 2. The molecule has 0 bridgehead atoms. The summed E-state index contributed by atoms with van der Waals surface area (Å²) in [4.78, 5) is -0.0309. The zero-order valence-electron chi connectivity index (χ0n) is 10.3. The van der Waals surface area contributed by atoms with Crippen molar-refractivity contribution in [3.05, 3.63) is 61.5 Å². The molecule has 2 aromatic rings. The zero-order valence-corrected chi connectivity index (χ0v) is 15.0. The first-order chi connectivity index (χ1) is 9.56. The van der Waals surface area contributed by atoms with Crippen LogP contribution in [-0.4, -0.2) is 6.61 Å². The molecule has 0 aliphatic carbocycles. The molecule has 104 valence electrons. The van der Waals surface area contributed by atoms with Crippen molar-refractivity contribution in [1.29, 1.82) is 0 Å². The van der Waals surface area contributed by atoms with Crippen molar-refractivity contribution in [2.75, 3.05) is 6.61 Å². The van der Waals surface area contributed by atoms with E-state index in [2.05, 4.69) is 44.0 Å². The fourth-order valence-electron chi connectivity index (χ4n) is 2.36. The molecule has 1 heterocycles. The number of hydrogen-bond acceptors (Lipinski definition) is 1. The molecular formula is C15H10Br2Cl2O. The lowest BCUT2D eigenvalue weighted by Crippen LogP contribution is -1.98. The smallest absolute Gasteiger partial charge is 0.127 e. The van der Waals surface area contributed by atoms with E-state index in [0.717, 1.165) is 34.4 Å². The van der Waals surface area contributed by atoms with Gasteiger partial charge < -0.3 is 4.74 Å². The van der Waals surface area contributed by atoms with Crippen LogP contribution < -0.4 is 4.74 Å². The van der Waals surface area contributed by atoms with Gasteiger partial charge >= 0.3 is 0 Å². The maximum Gasteiger partial charge on any atom is 0.127 e. The first kappa shape index (κ1) is 14.7. The number of ether oxygens (including phenoxy) is 1. The largest absolute Gasteiger partial charge is 0.493 e. The molecule has 1 aliphatic rings. The average molecular weight is 437 g/mol. The highest BCUT2D eigenvalue weighted by Gasteiger charge is 2.24. The summed E-state index contributed by atoms with van der Waals surface area (Å²) in [5.74, 6) is 0.959. The third-order valence-electron chi connectivity index (χ3n) is 3.29. The summed E-state index contributed by atoms with van der Waals surface area (Å²) in [5.41, 5.74) is 3.28. The maximum atomic E-state index is 6.30. The highest BCUT2D eigenvalue weighted by atomic mass is 79.9. The van der Waals surface area contributed by atoms with Gasteiger partial charge in [0.05, 0.1) is 11.4 Å². The quantitative estimate of drug-likeness (QED) is 0.511. The molecule has 0 saturated heterocycles. The molecule has 5 heteroatoms. The van der Waals surface area contributed by atoms with Crippen molar-refractivity contribution < 1.29 is 4.74 Å². The summed E-state index contributed by atoms with van der Waals surface area (Å²) < 4.78 is 6.82. The minimum Gasteiger partial charge on any atom is -0.493 e.